The Labute approximate surface area is 356 Å². The van der Waals surface area contributed by atoms with Gasteiger partial charge < -0.3 is 47.1 Å². The molecule has 0 unspecified atom stereocenters. The number of amides is 5. The summed E-state index contributed by atoms with van der Waals surface area (Å²) in [5.41, 5.74) is 8.12. The second-order valence-corrected chi connectivity index (χ2v) is 16.3. The topological polar surface area (TPSA) is 273 Å². The van der Waals surface area contributed by atoms with Crippen LogP contribution >= 0.6 is 0 Å². The van der Waals surface area contributed by atoms with Gasteiger partial charge in [0.05, 0.1) is 37.8 Å². The van der Waals surface area contributed by atoms with E-state index in [2.05, 4.69) is 41.9 Å². The molecule has 1 fully saturated rings. The van der Waals surface area contributed by atoms with E-state index in [1.54, 1.807) is 42.6 Å². The number of hydrogen-bond donors (Lipinski definition) is 10. The molecule has 18 nitrogen and oxygen atoms in total. The second-order valence-electron chi connectivity index (χ2n) is 16.3. The van der Waals surface area contributed by atoms with Crippen LogP contribution in [0.15, 0.2) is 67.1 Å². The fraction of sp³-hybridized carbons (Fsp3) is 0.512. The molecule has 0 aliphatic carbocycles. The summed E-state index contributed by atoms with van der Waals surface area (Å²) in [5, 5.41) is 36.9. The number of carboxylic acids is 1. The Morgan fingerprint density at radius 2 is 1.39 bits per heavy atom. The van der Waals surface area contributed by atoms with Gasteiger partial charge in [0.2, 0.25) is 29.5 Å². The van der Waals surface area contributed by atoms with Gasteiger partial charge in [-0.25, -0.2) is 9.78 Å². The number of rotatable bonds is 24. The van der Waals surface area contributed by atoms with Crippen LogP contribution < -0.4 is 37.6 Å². The summed E-state index contributed by atoms with van der Waals surface area (Å²) in [7, 11) is 0. The van der Waals surface area contributed by atoms with Crippen LogP contribution in [0.5, 0.6) is 5.75 Å². The number of carbonyl (C=O) groups excluding carboxylic acids is 5. The van der Waals surface area contributed by atoms with Gasteiger partial charge in [0, 0.05) is 31.3 Å². The number of carboxylic acid groups (broad SMARTS) is 1. The van der Waals surface area contributed by atoms with Gasteiger partial charge in [-0.15, -0.1) is 0 Å². The van der Waals surface area contributed by atoms with Crippen molar-refractivity contribution in [2.45, 2.75) is 109 Å². The summed E-state index contributed by atoms with van der Waals surface area (Å²) in [6.07, 6.45) is 5.09. The number of phenolic OH excluding ortho intramolecular Hbond substituents is 1. The molecule has 1 aliphatic heterocycles. The van der Waals surface area contributed by atoms with Crippen molar-refractivity contribution in [3.8, 4) is 5.75 Å². The lowest BCUT2D eigenvalue weighted by Crippen LogP contribution is -2.58. The molecular weight excluding hydrogens is 785 g/mol. The lowest BCUT2D eigenvalue weighted by molar-refractivity contribution is -0.144. The molecule has 18 heteroatoms. The molecule has 0 radical (unpaired) electrons. The Morgan fingerprint density at radius 1 is 0.770 bits per heavy atom. The fourth-order valence-corrected chi connectivity index (χ4v) is 7.18. The standard InChI is InChI=1S/C43H62N10O8/c1-26(2)17-32(44)38(55)49-24-47-33(19-29-12-14-31(54)15-13-29)40(57)51-34(18-27(3)4)39(56)50-25-48-35(21-30-22-45-23-46-30)42(59)53-16-8-11-37(53)41(58)52-36(43(60)61)20-28-9-6-5-7-10-28/h5-7,9-10,12-15,22-23,26-27,32-37,47-48,54H,8,11,16-21,24-25,44H2,1-4H3,(H,45,46)(H,49,55)(H,50,56)(H,51,57)(H,52,58)(H,60,61)/t32-,33-,34-,35-,36-,37-/m0/s1. The van der Waals surface area contributed by atoms with Crippen LogP contribution in [0.25, 0.3) is 0 Å². The number of nitrogens with zero attached hydrogens (tertiary/aromatic N) is 2. The van der Waals surface area contributed by atoms with Crippen molar-refractivity contribution in [2.24, 2.45) is 17.6 Å². The molecular formula is C43H62N10O8. The fourth-order valence-electron chi connectivity index (χ4n) is 7.18. The van der Waals surface area contributed by atoms with E-state index in [4.69, 9.17) is 5.73 Å². The normalized spacial score (nSPS) is 16.3. The zero-order valence-electron chi connectivity index (χ0n) is 35.4. The number of phenols is 1. The van der Waals surface area contributed by atoms with Crippen molar-refractivity contribution in [1.82, 2.24) is 46.8 Å². The minimum atomic E-state index is -1.20. The minimum Gasteiger partial charge on any atom is -0.508 e. The van der Waals surface area contributed by atoms with E-state index < -0.39 is 65.8 Å². The van der Waals surface area contributed by atoms with E-state index in [1.807, 2.05) is 33.8 Å². The smallest absolute Gasteiger partial charge is 0.326 e. The van der Waals surface area contributed by atoms with E-state index in [1.165, 1.54) is 23.4 Å². The number of H-pyrrole nitrogens is 1. The first kappa shape index (κ1) is 47.8. The average Bonchev–Trinajstić information content (AvgIpc) is 3.93. The van der Waals surface area contributed by atoms with Gasteiger partial charge in [-0.2, -0.15) is 0 Å². The molecule has 3 aromatic rings. The molecule has 0 saturated carbocycles. The molecule has 1 aromatic heterocycles. The minimum absolute atomic E-state index is 0.00406. The Hall–Kier alpha value is -5.85. The van der Waals surface area contributed by atoms with Crippen molar-refractivity contribution in [3.63, 3.8) is 0 Å². The molecule has 4 rings (SSSR count). The number of nitrogens with one attached hydrogen (secondary N) is 7. The van der Waals surface area contributed by atoms with E-state index in [0.717, 1.165) is 11.1 Å². The van der Waals surface area contributed by atoms with E-state index in [0.29, 0.717) is 25.0 Å². The molecule has 1 saturated heterocycles. The van der Waals surface area contributed by atoms with Gasteiger partial charge in [-0.3, -0.25) is 34.6 Å². The molecule has 61 heavy (non-hydrogen) atoms. The third-order valence-corrected chi connectivity index (χ3v) is 10.3. The highest BCUT2D eigenvalue weighted by Crippen LogP contribution is 2.20. The van der Waals surface area contributed by atoms with Crippen molar-refractivity contribution >= 4 is 35.5 Å². The molecule has 1 aliphatic rings. The lowest BCUT2D eigenvalue weighted by Gasteiger charge is -2.30. The van der Waals surface area contributed by atoms with Crippen molar-refractivity contribution in [2.75, 3.05) is 19.9 Å². The van der Waals surface area contributed by atoms with Gasteiger partial charge >= 0.3 is 5.97 Å². The van der Waals surface area contributed by atoms with Crippen LogP contribution in [-0.2, 0) is 48.0 Å². The molecule has 11 N–H and O–H groups in total. The maximum absolute atomic E-state index is 14.2. The first-order chi connectivity index (χ1) is 29.1. The number of hydrogen-bond acceptors (Lipinski definition) is 11. The summed E-state index contributed by atoms with van der Waals surface area (Å²) in [6, 6.07) is 9.71. The SMILES string of the molecule is CC(C)C[C@H](NC(=O)[C@H](Cc1ccc(O)cc1)NCNC(=O)[C@@H](N)CC(C)C)C(=O)NCN[C@@H](Cc1cnc[nH]1)C(=O)N1CCC[C@H]1C(=O)N[C@@H](Cc1ccccc1)C(=O)O. The zero-order valence-corrected chi connectivity index (χ0v) is 35.4. The monoisotopic (exact) mass is 846 g/mol. The average molecular weight is 847 g/mol. The van der Waals surface area contributed by atoms with Crippen molar-refractivity contribution in [3.05, 3.63) is 83.9 Å². The summed E-state index contributed by atoms with van der Waals surface area (Å²) < 4.78 is 0. The maximum Gasteiger partial charge on any atom is 0.326 e. The molecule has 0 spiro atoms. The quantitative estimate of drug-likeness (QED) is 0.0558. The zero-order chi connectivity index (χ0) is 44.5. The van der Waals surface area contributed by atoms with Crippen LogP contribution in [0.1, 0.15) is 70.2 Å². The van der Waals surface area contributed by atoms with Crippen LogP contribution in [-0.4, -0.2) is 117 Å². The van der Waals surface area contributed by atoms with Gasteiger partial charge in [0.25, 0.3) is 0 Å². The third-order valence-electron chi connectivity index (χ3n) is 10.3. The number of benzene rings is 2. The van der Waals surface area contributed by atoms with Gasteiger partial charge in [0.1, 0.15) is 23.9 Å². The first-order valence-corrected chi connectivity index (χ1v) is 20.8. The lowest BCUT2D eigenvalue weighted by atomic mass is 10.0. The number of carbonyl (C=O) groups is 6. The van der Waals surface area contributed by atoms with Crippen LogP contribution in [0, 0.1) is 11.8 Å². The van der Waals surface area contributed by atoms with Crippen molar-refractivity contribution < 1.29 is 39.0 Å². The van der Waals surface area contributed by atoms with Crippen molar-refractivity contribution in [1.29, 1.82) is 0 Å². The Balaban J connectivity index is 1.42. The third kappa shape index (κ3) is 15.6. The first-order valence-electron chi connectivity index (χ1n) is 20.8. The van der Waals surface area contributed by atoms with Gasteiger partial charge in [0.15, 0.2) is 0 Å². The molecule has 6 atom stereocenters. The number of aromatic amines is 1. The Morgan fingerprint density at radius 3 is 2.02 bits per heavy atom. The van der Waals surface area contributed by atoms with E-state index in [-0.39, 0.29) is 69.1 Å². The summed E-state index contributed by atoms with van der Waals surface area (Å²) in [4.78, 5) is 88.5. The molecule has 332 valence electrons. The van der Waals surface area contributed by atoms with Gasteiger partial charge in [-0.05, 0) is 67.2 Å². The maximum atomic E-state index is 14.2. The number of aliphatic carboxylic acids is 1. The number of imidazole rings is 1. The summed E-state index contributed by atoms with van der Waals surface area (Å²) in [6.45, 7) is 7.78. The molecule has 2 aromatic carbocycles. The molecule has 0 bridgehead atoms. The Bertz CT molecular complexity index is 1880. The summed E-state index contributed by atoms with van der Waals surface area (Å²) >= 11 is 0. The Kier molecular flexibility index (Phi) is 18.7. The summed E-state index contributed by atoms with van der Waals surface area (Å²) in [5.74, 6) is -3.26. The molecule has 2 heterocycles. The highest BCUT2D eigenvalue weighted by atomic mass is 16.4. The van der Waals surface area contributed by atoms with Gasteiger partial charge in [-0.1, -0.05) is 70.2 Å². The predicted molar refractivity (Wildman–Crippen MR) is 227 cm³/mol. The van der Waals surface area contributed by atoms with Crippen LogP contribution in [0.4, 0.5) is 0 Å². The largest absolute Gasteiger partial charge is 0.508 e. The highest BCUT2D eigenvalue weighted by molar-refractivity contribution is 5.93. The molecule has 5 amide bonds. The number of nitrogens with two attached hydrogens (primary N) is 1. The van der Waals surface area contributed by atoms with E-state index >= 15 is 0 Å². The highest BCUT2D eigenvalue weighted by Gasteiger charge is 2.39. The second kappa shape index (κ2) is 23.8. The van der Waals surface area contributed by atoms with E-state index in [9.17, 15) is 39.0 Å². The number of likely N-dealkylation sites (tertiary alicyclic amines) is 1. The van der Waals surface area contributed by atoms with Crippen LogP contribution in [0.3, 0.4) is 0 Å². The number of aromatic nitrogens is 2. The van der Waals surface area contributed by atoms with Crippen LogP contribution in [0.2, 0.25) is 0 Å². The predicted octanol–water partition coefficient (Wildman–Crippen LogP) is 0.672. The number of aromatic hydroxyl groups is 1.